The van der Waals surface area contributed by atoms with E-state index in [0.717, 1.165) is 31.4 Å². The first kappa shape index (κ1) is 18.0. The van der Waals surface area contributed by atoms with Crippen molar-refractivity contribution in [1.29, 1.82) is 0 Å². The summed E-state index contributed by atoms with van der Waals surface area (Å²) in [5.41, 5.74) is 2.35. The van der Waals surface area contributed by atoms with E-state index in [9.17, 15) is 4.79 Å². The van der Waals surface area contributed by atoms with Crippen LogP contribution in [0.25, 0.3) is 0 Å². The molecule has 3 aliphatic heterocycles. The number of fused-ring (bicyclic) bond motifs is 1. The normalized spacial score (nSPS) is 27.2. The van der Waals surface area contributed by atoms with Gasteiger partial charge in [-0.15, -0.1) is 0 Å². The molecule has 0 saturated carbocycles. The second kappa shape index (κ2) is 8.53. The minimum absolute atomic E-state index is 0.139. The van der Waals surface area contributed by atoms with E-state index in [1.807, 2.05) is 0 Å². The molecule has 4 heteroatoms. The lowest BCUT2D eigenvalue weighted by molar-refractivity contribution is -0.116. The quantitative estimate of drug-likeness (QED) is 0.860. The molecule has 1 N–H and O–H groups in total. The molecule has 2 atom stereocenters. The number of hydrogen-bond acceptors (Lipinski definition) is 3. The summed E-state index contributed by atoms with van der Waals surface area (Å²) in [6.07, 6.45) is 11.3. The van der Waals surface area contributed by atoms with Gasteiger partial charge in [0.05, 0.1) is 0 Å². The minimum Gasteiger partial charge on any atom is -0.326 e. The van der Waals surface area contributed by atoms with Crippen LogP contribution in [0.1, 0.15) is 69.4 Å². The van der Waals surface area contributed by atoms with Crippen LogP contribution in [0.5, 0.6) is 0 Å². The maximum Gasteiger partial charge on any atom is 0.225 e. The molecule has 0 aromatic heterocycles. The summed E-state index contributed by atoms with van der Waals surface area (Å²) < 4.78 is 0. The molecule has 1 amide bonds. The zero-order valence-corrected chi connectivity index (χ0v) is 16.0. The molecular weight excluding hydrogens is 322 g/mol. The molecule has 26 heavy (non-hydrogen) atoms. The fraction of sp³-hybridized carbons (Fsp3) is 0.682. The average molecular weight is 356 g/mol. The molecule has 0 spiro atoms. The van der Waals surface area contributed by atoms with E-state index in [2.05, 4.69) is 39.4 Å². The van der Waals surface area contributed by atoms with E-state index in [1.54, 1.807) is 0 Å². The number of hydrogen-bond donors (Lipinski definition) is 1. The number of nitrogens with one attached hydrogen (secondary N) is 1. The summed E-state index contributed by atoms with van der Waals surface area (Å²) in [6, 6.07) is 10.0. The van der Waals surface area contributed by atoms with E-state index in [1.165, 1.54) is 63.5 Å². The number of carbonyl (C=O) groups is 1. The summed E-state index contributed by atoms with van der Waals surface area (Å²) in [5, 5.41) is 3.08. The third kappa shape index (κ3) is 4.29. The molecule has 1 aromatic rings. The van der Waals surface area contributed by atoms with Crippen molar-refractivity contribution in [2.75, 3.05) is 31.5 Å². The molecule has 3 fully saturated rings. The van der Waals surface area contributed by atoms with Crippen molar-refractivity contribution in [2.24, 2.45) is 0 Å². The second-order valence-corrected chi connectivity index (χ2v) is 8.30. The predicted octanol–water partition coefficient (Wildman–Crippen LogP) is 4.19. The van der Waals surface area contributed by atoms with Gasteiger partial charge in [-0.1, -0.05) is 25.0 Å². The highest BCUT2D eigenvalue weighted by atomic mass is 16.1. The summed E-state index contributed by atoms with van der Waals surface area (Å²) in [5.74, 6) is 0.139. The average Bonchev–Trinajstić information content (AvgIpc) is 3.12. The zero-order valence-electron chi connectivity index (χ0n) is 16.0. The lowest BCUT2D eigenvalue weighted by Crippen LogP contribution is -2.35. The van der Waals surface area contributed by atoms with Gasteiger partial charge in [-0.3, -0.25) is 9.69 Å². The number of anilines is 1. The minimum atomic E-state index is 0.139. The topological polar surface area (TPSA) is 35.6 Å². The van der Waals surface area contributed by atoms with Crippen molar-refractivity contribution in [1.82, 2.24) is 9.80 Å². The predicted molar refractivity (Wildman–Crippen MR) is 106 cm³/mol. The molecule has 3 saturated heterocycles. The molecule has 0 aliphatic carbocycles. The summed E-state index contributed by atoms with van der Waals surface area (Å²) in [7, 11) is 0. The van der Waals surface area contributed by atoms with Crippen LogP contribution < -0.4 is 5.32 Å². The van der Waals surface area contributed by atoms with Gasteiger partial charge in [0.2, 0.25) is 5.91 Å². The third-order valence-corrected chi connectivity index (χ3v) is 6.53. The van der Waals surface area contributed by atoms with E-state index in [4.69, 9.17) is 0 Å². The monoisotopic (exact) mass is 355 g/mol. The second-order valence-electron chi connectivity index (χ2n) is 8.30. The molecule has 142 valence electrons. The summed E-state index contributed by atoms with van der Waals surface area (Å²) in [6.45, 7) is 4.45. The Hall–Kier alpha value is -1.39. The Morgan fingerprint density at radius 1 is 0.923 bits per heavy atom. The Morgan fingerprint density at radius 3 is 2.50 bits per heavy atom. The largest absolute Gasteiger partial charge is 0.326 e. The molecule has 1 aromatic carbocycles. The molecule has 0 radical (unpaired) electrons. The highest BCUT2D eigenvalue weighted by Crippen LogP contribution is 2.40. The van der Waals surface area contributed by atoms with Crippen LogP contribution in [0.3, 0.4) is 0 Å². The number of likely N-dealkylation sites (tertiary alicyclic amines) is 1. The van der Waals surface area contributed by atoms with Gasteiger partial charge >= 0.3 is 0 Å². The number of carbonyl (C=O) groups excluding carboxylic acids is 1. The third-order valence-electron chi connectivity index (χ3n) is 6.53. The first-order valence-electron chi connectivity index (χ1n) is 10.7. The molecule has 4 rings (SSSR count). The standard InChI is InChI=1S/C22H33N3O/c26-22(13-17-24-14-3-1-4-15-24)23-19-9-7-18(8-10-19)21-12-11-20-6-2-5-16-25(20)21/h7-10,20-21H,1-6,11-17H2,(H,23,26). The maximum atomic E-state index is 12.2. The molecule has 4 nitrogen and oxygen atoms in total. The van der Waals surface area contributed by atoms with Gasteiger partial charge in [0, 0.05) is 30.7 Å². The Balaban J connectivity index is 1.28. The lowest BCUT2D eigenvalue weighted by Gasteiger charge is -2.34. The van der Waals surface area contributed by atoms with Gasteiger partial charge in [-0.25, -0.2) is 0 Å². The number of piperidine rings is 2. The Morgan fingerprint density at radius 2 is 1.69 bits per heavy atom. The fourth-order valence-electron chi connectivity index (χ4n) is 5.07. The number of benzene rings is 1. The number of rotatable bonds is 5. The van der Waals surface area contributed by atoms with E-state index >= 15 is 0 Å². The Kier molecular flexibility index (Phi) is 5.91. The van der Waals surface area contributed by atoms with Crippen molar-refractivity contribution in [3.63, 3.8) is 0 Å². The Bertz CT molecular complexity index is 594. The zero-order chi connectivity index (χ0) is 17.8. The number of amides is 1. The van der Waals surface area contributed by atoms with E-state index in [0.29, 0.717) is 12.5 Å². The van der Waals surface area contributed by atoms with Crippen molar-refractivity contribution < 1.29 is 4.79 Å². The van der Waals surface area contributed by atoms with Gasteiger partial charge in [0.25, 0.3) is 0 Å². The van der Waals surface area contributed by atoms with Gasteiger partial charge in [0.1, 0.15) is 0 Å². The SMILES string of the molecule is O=C(CCN1CCCCC1)Nc1ccc(C2CCC3CCCCN32)cc1. The molecule has 3 aliphatic rings. The van der Waals surface area contributed by atoms with Crippen molar-refractivity contribution in [3.05, 3.63) is 29.8 Å². The smallest absolute Gasteiger partial charge is 0.225 e. The fourth-order valence-corrected chi connectivity index (χ4v) is 5.07. The first-order chi connectivity index (χ1) is 12.8. The first-order valence-corrected chi connectivity index (χ1v) is 10.7. The van der Waals surface area contributed by atoms with Crippen molar-refractivity contribution >= 4 is 11.6 Å². The molecule has 0 bridgehead atoms. The van der Waals surface area contributed by atoms with E-state index in [-0.39, 0.29) is 5.91 Å². The van der Waals surface area contributed by atoms with Gasteiger partial charge in [-0.2, -0.15) is 0 Å². The van der Waals surface area contributed by atoms with Crippen LogP contribution in [0.4, 0.5) is 5.69 Å². The van der Waals surface area contributed by atoms with Crippen LogP contribution in [0.2, 0.25) is 0 Å². The van der Waals surface area contributed by atoms with Gasteiger partial charge < -0.3 is 10.2 Å². The molecular formula is C22H33N3O. The van der Waals surface area contributed by atoms with Crippen LogP contribution in [-0.2, 0) is 4.79 Å². The van der Waals surface area contributed by atoms with Crippen LogP contribution >= 0.6 is 0 Å². The van der Waals surface area contributed by atoms with Gasteiger partial charge in [0.15, 0.2) is 0 Å². The summed E-state index contributed by atoms with van der Waals surface area (Å²) >= 11 is 0. The summed E-state index contributed by atoms with van der Waals surface area (Å²) in [4.78, 5) is 17.4. The molecule has 2 unspecified atom stereocenters. The highest BCUT2D eigenvalue weighted by molar-refractivity contribution is 5.90. The van der Waals surface area contributed by atoms with Gasteiger partial charge in [-0.05, 0) is 75.9 Å². The van der Waals surface area contributed by atoms with E-state index < -0.39 is 0 Å². The highest BCUT2D eigenvalue weighted by Gasteiger charge is 2.35. The van der Waals surface area contributed by atoms with Crippen LogP contribution in [-0.4, -0.2) is 47.9 Å². The maximum absolute atomic E-state index is 12.2. The molecule has 3 heterocycles. The van der Waals surface area contributed by atoms with Crippen LogP contribution in [0.15, 0.2) is 24.3 Å². The van der Waals surface area contributed by atoms with Crippen LogP contribution in [0, 0.1) is 0 Å². The van der Waals surface area contributed by atoms with Crippen molar-refractivity contribution in [2.45, 2.75) is 69.9 Å². The lowest BCUT2D eigenvalue weighted by atomic mass is 10.0. The van der Waals surface area contributed by atoms with Crippen molar-refractivity contribution in [3.8, 4) is 0 Å². The Labute approximate surface area is 157 Å². The number of nitrogens with zero attached hydrogens (tertiary/aromatic N) is 2.